The third-order valence-electron chi connectivity index (χ3n) is 2.82. The number of nitrogens with zero attached hydrogens (tertiary/aromatic N) is 1. The van der Waals surface area contributed by atoms with Crippen molar-refractivity contribution in [2.24, 2.45) is 0 Å². The molecule has 0 saturated carbocycles. The Labute approximate surface area is 87.6 Å². The van der Waals surface area contributed by atoms with E-state index in [1.165, 1.54) is 0 Å². The predicted molar refractivity (Wildman–Crippen MR) is 57.8 cm³/mol. The molecule has 0 fully saturated rings. The molecule has 0 unspecified atom stereocenters. The highest BCUT2D eigenvalue weighted by atomic mass is 16.1. The van der Waals surface area contributed by atoms with Gasteiger partial charge in [-0.15, -0.1) is 0 Å². The summed E-state index contributed by atoms with van der Waals surface area (Å²) in [7, 11) is 0. The van der Waals surface area contributed by atoms with Gasteiger partial charge in [0.05, 0.1) is 0 Å². The van der Waals surface area contributed by atoms with Crippen LogP contribution in [0, 0.1) is 6.92 Å². The van der Waals surface area contributed by atoms with Gasteiger partial charge in [-0.05, 0) is 23.6 Å². The number of hydrogen-bond donors (Lipinski definition) is 0. The maximum Gasteiger partial charge on any atom is 0.195 e. The fourth-order valence-electron chi connectivity index (χ4n) is 2.14. The molecule has 1 heterocycles. The van der Waals surface area contributed by atoms with Crippen molar-refractivity contribution >= 4 is 5.78 Å². The average molecular weight is 195 g/mol. The first-order valence-corrected chi connectivity index (χ1v) is 4.88. The SMILES string of the molecule is Cc1cncc2c1-c1ccccc1C2=O. The number of pyridine rings is 1. The molecule has 0 saturated heterocycles. The molecular weight excluding hydrogens is 186 g/mol. The minimum Gasteiger partial charge on any atom is -0.289 e. The van der Waals surface area contributed by atoms with Crippen molar-refractivity contribution in [3.63, 3.8) is 0 Å². The summed E-state index contributed by atoms with van der Waals surface area (Å²) in [6.07, 6.45) is 3.46. The molecule has 1 aliphatic rings. The van der Waals surface area contributed by atoms with E-state index in [1.807, 2.05) is 31.2 Å². The molecule has 3 rings (SSSR count). The summed E-state index contributed by atoms with van der Waals surface area (Å²) in [6, 6.07) is 7.72. The number of aromatic nitrogens is 1. The fraction of sp³-hybridized carbons (Fsp3) is 0.0769. The molecule has 0 atom stereocenters. The molecule has 2 nitrogen and oxygen atoms in total. The molecule has 0 radical (unpaired) electrons. The number of carbonyl (C=O) groups is 1. The zero-order valence-corrected chi connectivity index (χ0v) is 8.32. The molecule has 0 amide bonds. The molecule has 1 aromatic heterocycles. The lowest BCUT2D eigenvalue weighted by molar-refractivity contribution is 0.104. The summed E-state index contributed by atoms with van der Waals surface area (Å²) in [4.78, 5) is 16.1. The lowest BCUT2D eigenvalue weighted by atomic mass is 10.0. The zero-order valence-electron chi connectivity index (χ0n) is 8.32. The highest BCUT2D eigenvalue weighted by molar-refractivity contribution is 6.21. The molecule has 72 valence electrons. The lowest BCUT2D eigenvalue weighted by Crippen LogP contribution is -1.95. The van der Waals surface area contributed by atoms with E-state index in [4.69, 9.17) is 0 Å². The molecule has 1 aromatic carbocycles. The van der Waals surface area contributed by atoms with Gasteiger partial charge in [0, 0.05) is 23.5 Å². The highest BCUT2D eigenvalue weighted by Gasteiger charge is 2.27. The van der Waals surface area contributed by atoms with Crippen molar-refractivity contribution in [2.45, 2.75) is 6.92 Å². The molecule has 2 aromatic rings. The van der Waals surface area contributed by atoms with Gasteiger partial charge < -0.3 is 0 Å². The van der Waals surface area contributed by atoms with Crippen molar-refractivity contribution in [3.8, 4) is 11.1 Å². The minimum absolute atomic E-state index is 0.0943. The summed E-state index contributed by atoms with van der Waals surface area (Å²) < 4.78 is 0. The van der Waals surface area contributed by atoms with Crippen LogP contribution in [-0.2, 0) is 0 Å². The lowest BCUT2D eigenvalue weighted by Gasteiger charge is -2.02. The van der Waals surface area contributed by atoms with Crippen LogP contribution in [0.2, 0.25) is 0 Å². The van der Waals surface area contributed by atoms with E-state index in [2.05, 4.69) is 4.98 Å². The van der Waals surface area contributed by atoms with Crippen LogP contribution >= 0.6 is 0 Å². The first-order chi connectivity index (χ1) is 7.29. The molecule has 1 aliphatic carbocycles. The third kappa shape index (κ3) is 0.988. The van der Waals surface area contributed by atoms with Gasteiger partial charge in [-0.3, -0.25) is 9.78 Å². The number of aryl methyl sites for hydroxylation is 1. The van der Waals surface area contributed by atoms with Gasteiger partial charge in [-0.2, -0.15) is 0 Å². The quantitative estimate of drug-likeness (QED) is 0.552. The Morgan fingerprint density at radius 3 is 2.53 bits per heavy atom. The Morgan fingerprint density at radius 1 is 1.00 bits per heavy atom. The van der Waals surface area contributed by atoms with Crippen molar-refractivity contribution in [2.75, 3.05) is 0 Å². The Bertz CT molecular complexity index is 572. The van der Waals surface area contributed by atoms with E-state index >= 15 is 0 Å². The van der Waals surface area contributed by atoms with Gasteiger partial charge in [-0.1, -0.05) is 24.3 Å². The molecule has 0 N–H and O–H groups in total. The molecule has 0 spiro atoms. The van der Waals surface area contributed by atoms with E-state index in [1.54, 1.807) is 12.4 Å². The van der Waals surface area contributed by atoms with Crippen molar-refractivity contribution in [1.82, 2.24) is 4.98 Å². The van der Waals surface area contributed by atoms with Crippen LogP contribution in [0.25, 0.3) is 11.1 Å². The smallest absolute Gasteiger partial charge is 0.195 e. The topological polar surface area (TPSA) is 30.0 Å². The zero-order chi connectivity index (χ0) is 10.4. The van der Waals surface area contributed by atoms with E-state index in [0.29, 0.717) is 0 Å². The van der Waals surface area contributed by atoms with Gasteiger partial charge >= 0.3 is 0 Å². The third-order valence-corrected chi connectivity index (χ3v) is 2.82. The average Bonchev–Trinajstić information content (AvgIpc) is 2.55. The number of hydrogen-bond acceptors (Lipinski definition) is 2. The second kappa shape index (κ2) is 2.76. The van der Waals surface area contributed by atoms with Crippen LogP contribution < -0.4 is 0 Å². The standard InChI is InChI=1S/C13H9NO/c1-8-6-14-7-11-12(8)9-4-2-3-5-10(9)13(11)15/h2-7H,1H3. The number of rotatable bonds is 0. The van der Waals surface area contributed by atoms with Crippen LogP contribution in [0.5, 0.6) is 0 Å². The normalized spacial score (nSPS) is 12.5. The second-order valence-electron chi connectivity index (χ2n) is 3.75. The number of carbonyl (C=O) groups excluding carboxylic acids is 1. The number of fused-ring (bicyclic) bond motifs is 3. The molecule has 2 heteroatoms. The van der Waals surface area contributed by atoms with E-state index < -0.39 is 0 Å². The van der Waals surface area contributed by atoms with Crippen molar-refractivity contribution in [3.05, 3.63) is 53.3 Å². The van der Waals surface area contributed by atoms with Crippen LogP contribution in [0.3, 0.4) is 0 Å². The number of ketones is 1. The van der Waals surface area contributed by atoms with Crippen LogP contribution in [0.15, 0.2) is 36.7 Å². The molecule has 0 bridgehead atoms. The van der Waals surface area contributed by atoms with Gasteiger partial charge in [-0.25, -0.2) is 0 Å². The summed E-state index contributed by atoms with van der Waals surface area (Å²) >= 11 is 0. The number of benzene rings is 1. The highest BCUT2D eigenvalue weighted by Crippen LogP contribution is 2.37. The predicted octanol–water partition coefficient (Wildman–Crippen LogP) is 2.60. The van der Waals surface area contributed by atoms with Crippen molar-refractivity contribution in [1.29, 1.82) is 0 Å². The van der Waals surface area contributed by atoms with Gasteiger partial charge in [0.1, 0.15) is 0 Å². The fourth-order valence-corrected chi connectivity index (χ4v) is 2.14. The largest absolute Gasteiger partial charge is 0.289 e. The second-order valence-corrected chi connectivity index (χ2v) is 3.75. The van der Waals surface area contributed by atoms with Crippen molar-refractivity contribution < 1.29 is 4.79 Å². The minimum atomic E-state index is 0.0943. The van der Waals surface area contributed by atoms with Gasteiger partial charge in [0.25, 0.3) is 0 Å². The van der Waals surface area contributed by atoms with E-state index in [0.717, 1.165) is 27.8 Å². The monoisotopic (exact) mass is 195 g/mol. The maximum absolute atomic E-state index is 12.0. The Balaban J connectivity index is 2.45. The Kier molecular flexibility index (Phi) is 1.54. The summed E-state index contributed by atoms with van der Waals surface area (Å²) in [5.74, 6) is 0.0943. The summed E-state index contributed by atoms with van der Waals surface area (Å²) in [5, 5.41) is 0. The Morgan fingerprint density at radius 2 is 1.73 bits per heavy atom. The maximum atomic E-state index is 12.0. The van der Waals surface area contributed by atoms with Gasteiger partial charge in [0.2, 0.25) is 0 Å². The van der Waals surface area contributed by atoms with Crippen LogP contribution in [-0.4, -0.2) is 10.8 Å². The van der Waals surface area contributed by atoms with E-state index in [9.17, 15) is 4.79 Å². The van der Waals surface area contributed by atoms with Gasteiger partial charge in [0.15, 0.2) is 5.78 Å². The molecular formula is C13H9NO. The summed E-state index contributed by atoms with van der Waals surface area (Å²) in [6.45, 7) is 1.99. The van der Waals surface area contributed by atoms with Crippen LogP contribution in [0.4, 0.5) is 0 Å². The van der Waals surface area contributed by atoms with Crippen LogP contribution in [0.1, 0.15) is 21.5 Å². The molecule has 15 heavy (non-hydrogen) atoms. The Hall–Kier alpha value is -1.96. The van der Waals surface area contributed by atoms with E-state index in [-0.39, 0.29) is 5.78 Å². The summed E-state index contributed by atoms with van der Waals surface area (Å²) in [5.41, 5.74) is 4.67. The first-order valence-electron chi connectivity index (χ1n) is 4.88. The first kappa shape index (κ1) is 8.36. The molecule has 0 aliphatic heterocycles.